The van der Waals surface area contributed by atoms with Crippen molar-refractivity contribution in [2.24, 2.45) is 5.92 Å². The molecule has 1 aromatic carbocycles. The van der Waals surface area contributed by atoms with Crippen molar-refractivity contribution in [2.75, 3.05) is 32.8 Å². The summed E-state index contributed by atoms with van der Waals surface area (Å²) in [4.78, 5) is 16.5. The van der Waals surface area contributed by atoms with E-state index in [9.17, 15) is 13.6 Å². The molecule has 1 aliphatic heterocycles. The van der Waals surface area contributed by atoms with E-state index in [2.05, 4.69) is 38.7 Å². The largest absolute Gasteiger partial charge is 0.449 e. The van der Waals surface area contributed by atoms with E-state index in [1.165, 1.54) is 17.7 Å². The molecule has 0 aliphatic carbocycles. The molecule has 1 aliphatic rings. The Morgan fingerprint density at radius 3 is 2.03 bits per heavy atom. The summed E-state index contributed by atoms with van der Waals surface area (Å²) in [7, 11) is 0. The number of amides is 1. The summed E-state index contributed by atoms with van der Waals surface area (Å²) in [6, 6.07) is 6.93. The summed E-state index contributed by atoms with van der Waals surface area (Å²) < 4.78 is 32.6. The summed E-state index contributed by atoms with van der Waals surface area (Å²) in [5.74, 6) is -2.51. The molecule has 1 saturated heterocycles. The van der Waals surface area contributed by atoms with Crippen molar-refractivity contribution in [1.29, 1.82) is 0 Å². The van der Waals surface area contributed by atoms with Gasteiger partial charge in [-0.3, -0.25) is 4.90 Å². The van der Waals surface area contributed by atoms with Crippen molar-refractivity contribution in [3.8, 4) is 0 Å². The SMILES string of the molecule is CC(C)=CC(CC(C)(C)c1ccc(C(C)(F)F)cc1)N1CCN(C(=O)OCC(C)C)CC1. The molecule has 1 atom stereocenters. The molecule has 0 N–H and O–H groups in total. The monoisotopic (exact) mass is 450 g/mol. The van der Waals surface area contributed by atoms with Gasteiger partial charge in [-0.25, -0.2) is 13.6 Å². The third kappa shape index (κ3) is 7.58. The van der Waals surface area contributed by atoms with Crippen LogP contribution in [-0.2, 0) is 16.1 Å². The Morgan fingerprint density at radius 1 is 1.03 bits per heavy atom. The van der Waals surface area contributed by atoms with Crippen LogP contribution < -0.4 is 0 Å². The molecule has 1 heterocycles. The van der Waals surface area contributed by atoms with E-state index in [0.717, 1.165) is 32.0 Å². The zero-order valence-electron chi connectivity index (χ0n) is 20.8. The third-order valence-electron chi connectivity index (χ3n) is 6.00. The topological polar surface area (TPSA) is 32.8 Å². The van der Waals surface area contributed by atoms with E-state index in [1.807, 2.05) is 26.0 Å². The van der Waals surface area contributed by atoms with Gasteiger partial charge in [0.1, 0.15) is 0 Å². The fourth-order valence-corrected chi connectivity index (χ4v) is 4.10. The lowest BCUT2D eigenvalue weighted by atomic mass is 9.78. The maximum Gasteiger partial charge on any atom is 0.409 e. The molecule has 0 saturated carbocycles. The van der Waals surface area contributed by atoms with Gasteiger partial charge < -0.3 is 9.64 Å². The van der Waals surface area contributed by atoms with E-state index < -0.39 is 5.92 Å². The Bertz CT molecular complexity index is 770. The smallest absolute Gasteiger partial charge is 0.409 e. The van der Waals surface area contributed by atoms with Gasteiger partial charge in [0, 0.05) is 44.7 Å². The van der Waals surface area contributed by atoms with Gasteiger partial charge in [-0.1, -0.05) is 63.6 Å². The van der Waals surface area contributed by atoms with Gasteiger partial charge in [0.05, 0.1) is 6.61 Å². The molecular weight excluding hydrogens is 410 g/mol. The maximum absolute atomic E-state index is 13.6. The molecule has 180 valence electrons. The summed E-state index contributed by atoms with van der Waals surface area (Å²) in [6.45, 7) is 16.8. The molecule has 2 rings (SSSR count). The van der Waals surface area contributed by atoms with Crippen LogP contribution >= 0.6 is 0 Å². The Kier molecular flexibility index (Phi) is 8.86. The summed E-state index contributed by atoms with van der Waals surface area (Å²) in [5, 5.41) is 0. The van der Waals surface area contributed by atoms with E-state index in [1.54, 1.807) is 4.90 Å². The van der Waals surface area contributed by atoms with Gasteiger partial charge in [0.15, 0.2) is 0 Å². The first-order valence-corrected chi connectivity index (χ1v) is 11.6. The minimum atomic E-state index is -2.83. The molecule has 0 spiro atoms. The lowest BCUT2D eigenvalue weighted by molar-refractivity contribution is 0.0174. The van der Waals surface area contributed by atoms with Crippen molar-refractivity contribution >= 4 is 6.09 Å². The summed E-state index contributed by atoms with van der Waals surface area (Å²) >= 11 is 0. The number of ether oxygens (including phenoxy) is 1. The number of carbonyl (C=O) groups is 1. The molecule has 32 heavy (non-hydrogen) atoms. The number of rotatable bonds is 8. The zero-order chi connectivity index (χ0) is 24.1. The number of hydrogen-bond acceptors (Lipinski definition) is 3. The molecule has 1 amide bonds. The van der Waals surface area contributed by atoms with Crippen molar-refractivity contribution < 1.29 is 18.3 Å². The highest BCUT2D eigenvalue weighted by atomic mass is 19.3. The van der Waals surface area contributed by atoms with Gasteiger partial charge >= 0.3 is 6.09 Å². The Hall–Kier alpha value is -1.95. The number of nitrogens with zero attached hydrogens (tertiary/aromatic N) is 2. The number of piperazine rings is 1. The number of alkyl halides is 2. The first kappa shape index (κ1) is 26.3. The highest BCUT2D eigenvalue weighted by molar-refractivity contribution is 5.67. The molecule has 0 aromatic heterocycles. The first-order valence-electron chi connectivity index (χ1n) is 11.6. The number of allylic oxidation sites excluding steroid dienone is 1. The molecule has 1 unspecified atom stereocenters. The van der Waals surface area contributed by atoms with Crippen molar-refractivity contribution in [3.63, 3.8) is 0 Å². The fourth-order valence-electron chi connectivity index (χ4n) is 4.10. The van der Waals surface area contributed by atoms with E-state index in [0.29, 0.717) is 25.6 Å². The summed E-state index contributed by atoms with van der Waals surface area (Å²) in [6.07, 6.45) is 2.91. The van der Waals surface area contributed by atoms with Crippen LogP contribution in [0.2, 0.25) is 0 Å². The number of carbonyl (C=O) groups excluding carboxylic acids is 1. The minimum absolute atomic E-state index is 0.0402. The van der Waals surface area contributed by atoms with E-state index >= 15 is 0 Å². The van der Waals surface area contributed by atoms with Crippen LogP contribution in [0, 0.1) is 5.92 Å². The molecule has 0 radical (unpaired) electrons. The van der Waals surface area contributed by atoms with Crippen LogP contribution in [0.25, 0.3) is 0 Å². The van der Waals surface area contributed by atoms with E-state index in [-0.39, 0.29) is 23.1 Å². The number of benzene rings is 1. The lowest BCUT2D eigenvalue weighted by Gasteiger charge is -2.41. The van der Waals surface area contributed by atoms with Gasteiger partial charge in [0.2, 0.25) is 0 Å². The highest BCUT2D eigenvalue weighted by Crippen LogP contribution is 2.34. The van der Waals surface area contributed by atoms with Crippen LogP contribution in [0.3, 0.4) is 0 Å². The average molecular weight is 451 g/mol. The number of hydrogen-bond donors (Lipinski definition) is 0. The van der Waals surface area contributed by atoms with Gasteiger partial charge in [0.25, 0.3) is 5.92 Å². The second-order valence-corrected chi connectivity index (χ2v) is 10.4. The second kappa shape index (κ2) is 10.8. The average Bonchev–Trinajstić information content (AvgIpc) is 2.70. The van der Waals surface area contributed by atoms with Gasteiger partial charge in [-0.2, -0.15) is 0 Å². The van der Waals surface area contributed by atoms with Crippen LogP contribution in [0.5, 0.6) is 0 Å². The maximum atomic E-state index is 13.6. The van der Waals surface area contributed by atoms with Crippen molar-refractivity contribution in [2.45, 2.75) is 72.3 Å². The van der Waals surface area contributed by atoms with Gasteiger partial charge in [-0.05, 0) is 37.2 Å². The Balaban J connectivity index is 2.07. The van der Waals surface area contributed by atoms with Crippen LogP contribution in [0.4, 0.5) is 13.6 Å². The normalized spacial score (nSPS) is 16.8. The number of halogens is 2. The molecule has 6 heteroatoms. The Morgan fingerprint density at radius 2 is 1.56 bits per heavy atom. The molecule has 1 fully saturated rings. The zero-order valence-corrected chi connectivity index (χ0v) is 20.8. The van der Waals surface area contributed by atoms with Crippen molar-refractivity contribution in [3.05, 3.63) is 47.0 Å². The summed E-state index contributed by atoms with van der Waals surface area (Å²) in [5.41, 5.74) is 2.14. The van der Waals surface area contributed by atoms with Gasteiger partial charge in [-0.15, -0.1) is 0 Å². The minimum Gasteiger partial charge on any atom is -0.449 e. The quantitative estimate of drug-likeness (QED) is 0.441. The van der Waals surface area contributed by atoms with Crippen LogP contribution in [0.15, 0.2) is 35.9 Å². The predicted molar refractivity (Wildman–Crippen MR) is 126 cm³/mol. The second-order valence-electron chi connectivity index (χ2n) is 10.4. The predicted octanol–water partition coefficient (Wildman–Crippen LogP) is 6.21. The molecule has 0 bridgehead atoms. The standard InChI is InChI=1S/C26H40F2N2O2/c1-19(2)16-23(29-12-14-30(15-13-29)24(31)32-18-20(3)4)17-25(5,6)21-8-10-22(11-9-21)26(7,27)28/h8-11,16,20,23H,12-15,17-18H2,1-7H3. The highest BCUT2D eigenvalue weighted by Gasteiger charge is 2.32. The van der Waals surface area contributed by atoms with Crippen molar-refractivity contribution in [1.82, 2.24) is 9.80 Å². The van der Waals surface area contributed by atoms with E-state index in [4.69, 9.17) is 4.74 Å². The first-order chi connectivity index (χ1) is 14.8. The molecule has 4 nitrogen and oxygen atoms in total. The molecular formula is C26H40F2N2O2. The third-order valence-corrected chi connectivity index (χ3v) is 6.00. The van der Waals surface area contributed by atoms with Crippen LogP contribution in [0.1, 0.15) is 66.0 Å². The fraction of sp³-hybridized carbons (Fsp3) is 0.654. The molecule has 1 aromatic rings. The lowest BCUT2D eigenvalue weighted by Crippen LogP contribution is -2.52. The van der Waals surface area contributed by atoms with Crippen LogP contribution in [-0.4, -0.2) is 54.7 Å². The Labute approximate surface area is 192 Å².